The van der Waals surface area contributed by atoms with Crippen LogP contribution in [0.1, 0.15) is 81.6 Å². The summed E-state index contributed by atoms with van der Waals surface area (Å²) in [6.45, 7) is 19.4. The summed E-state index contributed by atoms with van der Waals surface area (Å²) in [5.74, 6) is 1.62. The van der Waals surface area contributed by atoms with Crippen molar-refractivity contribution in [1.29, 1.82) is 0 Å². The number of ether oxygens (including phenoxy) is 1. The monoisotopic (exact) mass is 298 g/mol. The van der Waals surface area contributed by atoms with Crippen molar-refractivity contribution in [1.82, 2.24) is 0 Å². The summed E-state index contributed by atoms with van der Waals surface area (Å²) in [6.07, 6.45) is 3.02. The zero-order valence-electron chi connectivity index (χ0n) is 15.8. The fourth-order valence-corrected chi connectivity index (χ4v) is 2.92. The molecule has 0 saturated heterocycles. The molecule has 3 unspecified atom stereocenters. The molecule has 0 rings (SSSR count). The molecule has 0 bridgehead atoms. The van der Waals surface area contributed by atoms with Gasteiger partial charge in [-0.25, -0.2) is 0 Å². The maximum Gasteiger partial charge on any atom is 0.312 e. The van der Waals surface area contributed by atoms with E-state index < -0.39 is 0 Å². The molecule has 2 heteroatoms. The zero-order chi connectivity index (χ0) is 16.8. The smallest absolute Gasteiger partial charge is 0.312 e. The number of hydrogen-bond donors (Lipinski definition) is 0. The fourth-order valence-electron chi connectivity index (χ4n) is 2.92. The molecule has 0 aliphatic heterocycles. The zero-order valence-corrected chi connectivity index (χ0v) is 15.8. The normalized spacial score (nSPS) is 19.2. The van der Waals surface area contributed by atoms with Crippen molar-refractivity contribution >= 4 is 5.97 Å². The highest BCUT2D eigenvalue weighted by atomic mass is 16.5. The Morgan fingerprint density at radius 3 is 1.67 bits per heavy atom. The fraction of sp³-hybridized carbons (Fsp3) is 0.947. The van der Waals surface area contributed by atoms with Gasteiger partial charge >= 0.3 is 5.97 Å². The molecule has 0 radical (unpaired) electrons. The summed E-state index contributed by atoms with van der Waals surface area (Å²) in [6, 6.07) is 0. The molecule has 0 saturated carbocycles. The Hall–Kier alpha value is -0.530. The van der Waals surface area contributed by atoms with Gasteiger partial charge in [-0.1, -0.05) is 68.2 Å². The topological polar surface area (TPSA) is 26.3 Å². The Bertz CT molecular complexity index is 299. The highest BCUT2D eigenvalue weighted by molar-refractivity contribution is 5.77. The number of carbonyl (C=O) groups is 1. The van der Waals surface area contributed by atoms with Crippen LogP contribution in [0.2, 0.25) is 0 Å². The lowest BCUT2D eigenvalue weighted by Gasteiger charge is -2.37. The van der Waals surface area contributed by atoms with Gasteiger partial charge in [0.05, 0.1) is 5.41 Å². The molecule has 126 valence electrons. The third-order valence-corrected chi connectivity index (χ3v) is 5.23. The van der Waals surface area contributed by atoms with E-state index in [1.807, 2.05) is 0 Å². The standard InChI is InChI=1S/C19H38O2/c1-10-15(7)17(16(8)11-2)21-18(20)19(9,14(5)6)12-13(3)4/h13-17H,10-12H2,1-9H3. The van der Waals surface area contributed by atoms with Crippen molar-refractivity contribution in [2.45, 2.75) is 87.7 Å². The summed E-state index contributed by atoms with van der Waals surface area (Å²) in [7, 11) is 0. The predicted molar refractivity (Wildman–Crippen MR) is 91.2 cm³/mol. The van der Waals surface area contributed by atoms with E-state index in [2.05, 4.69) is 62.3 Å². The van der Waals surface area contributed by atoms with Crippen LogP contribution in [0.15, 0.2) is 0 Å². The van der Waals surface area contributed by atoms with Crippen LogP contribution in [0, 0.1) is 29.1 Å². The van der Waals surface area contributed by atoms with Crippen LogP contribution in [-0.2, 0) is 9.53 Å². The van der Waals surface area contributed by atoms with E-state index in [9.17, 15) is 4.79 Å². The third-order valence-electron chi connectivity index (χ3n) is 5.23. The largest absolute Gasteiger partial charge is 0.461 e. The molecular weight excluding hydrogens is 260 g/mol. The summed E-state index contributed by atoms with van der Waals surface area (Å²) in [4.78, 5) is 12.9. The molecule has 0 N–H and O–H groups in total. The molecule has 0 aromatic heterocycles. The SMILES string of the molecule is CCC(C)C(OC(=O)C(C)(CC(C)C)C(C)C)C(C)CC. The van der Waals surface area contributed by atoms with Crippen LogP contribution < -0.4 is 0 Å². The summed E-state index contributed by atoms with van der Waals surface area (Å²) < 4.78 is 6.04. The molecule has 0 aromatic rings. The quantitative estimate of drug-likeness (QED) is 0.510. The molecule has 0 amide bonds. The molecule has 2 nitrogen and oxygen atoms in total. The van der Waals surface area contributed by atoms with E-state index in [1.54, 1.807) is 0 Å². The lowest BCUT2D eigenvalue weighted by molar-refractivity contribution is -0.170. The molecule has 21 heavy (non-hydrogen) atoms. The summed E-state index contributed by atoms with van der Waals surface area (Å²) in [5.41, 5.74) is -0.382. The van der Waals surface area contributed by atoms with Gasteiger partial charge < -0.3 is 4.74 Å². The Morgan fingerprint density at radius 2 is 1.38 bits per heavy atom. The molecule has 0 aromatic carbocycles. The maximum absolute atomic E-state index is 12.9. The lowest BCUT2D eigenvalue weighted by Crippen LogP contribution is -2.41. The van der Waals surface area contributed by atoms with Gasteiger partial charge in [0, 0.05) is 0 Å². The van der Waals surface area contributed by atoms with Gasteiger partial charge in [-0.15, -0.1) is 0 Å². The second-order valence-corrected chi connectivity index (χ2v) is 7.81. The third kappa shape index (κ3) is 5.64. The van der Waals surface area contributed by atoms with Gasteiger partial charge in [0.25, 0.3) is 0 Å². The Kier molecular flexibility index (Phi) is 8.58. The highest BCUT2D eigenvalue weighted by Gasteiger charge is 2.40. The van der Waals surface area contributed by atoms with Crippen molar-refractivity contribution in [3.05, 3.63) is 0 Å². The lowest BCUT2D eigenvalue weighted by atomic mass is 9.73. The number of esters is 1. The van der Waals surface area contributed by atoms with Gasteiger partial charge in [-0.3, -0.25) is 4.79 Å². The molecular formula is C19H38O2. The van der Waals surface area contributed by atoms with Crippen molar-refractivity contribution in [3.8, 4) is 0 Å². The Balaban J connectivity index is 5.17. The van der Waals surface area contributed by atoms with Crippen molar-refractivity contribution in [3.63, 3.8) is 0 Å². The number of rotatable bonds is 9. The first-order chi connectivity index (χ1) is 9.59. The van der Waals surface area contributed by atoms with E-state index in [0.29, 0.717) is 23.7 Å². The van der Waals surface area contributed by atoms with Crippen LogP contribution in [0.5, 0.6) is 0 Å². The Morgan fingerprint density at radius 1 is 0.952 bits per heavy atom. The highest BCUT2D eigenvalue weighted by Crippen LogP contribution is 2.37. The second-order valence-electron chi connectivity index (χ2n) is 7.81. The van der Waals surface area contributed by atoms with E-state index in [0.717, 1.165) is 19.3 Å². The number of carbonyl (C=O) groups excluding carboxylic acids is 1. The van der Waals surface area contributed by atoms with E-state index >= 15 is 0 Å². The van der Waals surface area contributed by atoms with E-state index in [4.69, 9.17) is 4.74 Å². The number of hydrogen-bond acceptors (Lipinski definition) is 2. The molecule has 3 atom stereocenters. The van der Waals surface area contributed by atoms with Crippen molar-refractivity contribution in [2.24, 2.45) is 29.1 Å². The van der Waals surface area contributed by atoms with Crippen LogP contribution in [0.4, 0.5) is 0 Å². The van der Waals surface area contributed by atoms with Crippen molar-refractivity contribution < 1.29 is 9.53 Å². The minimum atomic E-state index is -0.382. The van der Waals surface area contributed by atoms with Crippen LogP contribution >= 0.6 is 0 Å². The molecule has 0 heterocycles. The second kappa shape index (κ2) is 8.80. The van der Waals surface area contributed by atoms with E-state index in [1.165, 1.54) is 0 Å². The van der Waals surface area contributed by atoms with Crippen LogP contribution in [0.3, 0.4) is 0 Å². The Labute approximate surface area is 133 Å². The summed E-state index contributed by atoms with van der Waals surface area (Å²) >= 11 is 0. The average molecular weight is 299 g/mol. The van der Waals surface area contributed by atoms with Gasteiger partial charge in [0.15, 0.2) is 0 Å². The maximum atomic E-state index is 12.9. The van der Waals surface area contributed by atoms with Crippen molar-refractivity contribution in [2.75, 3.05) is 0 Å². The van der Waals surface area contributed by atoms with Gasteiger partial charge in [0.2, 0.25) is 0 Å². The molecule has 0 aliphatic carbocycles. The molecule has 0 aliphatic rings. The first-order valence-electron chi connectivity index (χ1n) is 8.81. The van der Waals surface area contributed by atoms with E-state index in [-0.39, 0.29) is 17.5 Å². The van der Waals surface area contributed by atoms with Gasteiger partial charge in [0.1, 0.15) is 6.10 Å². The average Bonchev–Trinajstić information content (AvgIpc) is 2.41. The van der Waals surface area contributed by atoms with Crippen LogP contribution in [-0.4, -0.2) is 12.1 Å². The minimum absolute atomic E-state index is 0.00296. The molecule has 0 fully saturated rings. The predicted octanol–water partition coefficient (Wildman–Crippen LogP) is 5.70. The first kappa shape index (κ1) is 20.5. The minimum Gasteiger partial charge on any atom is -0.461 e. The molecule has 0 spiro atoms. The van der Waals surface area contributed by atoms with Gasteiger partial charge in [-0.2, -0.15) is 0 Å². The van der Waals surface area contributed by atoms with Crippen LogP contribution in [0.25, 0.3) is 0 Å². The van der Waals surface area contributed by atoms with Gasteiger partial charge in [-0.05, 0) is 37.0 Å². The first-order valence-corrected chi connectivity index (χ1v) is 8.81. The summed E-state index contributed by atoms with van der Waals surface area (Å²) in [5, 5.41) is 0.